The summed E-state index contributed by atoms with van der Waals surface area (Å²) >= 11 is 0. The average molecular weight is 291 g/mol. The van der Waals surface area contributed by atoms with Gasteiger partial charge in [-0.05, 0) is 31.9 Å². The van der Waals surface area contributed by atoms with Gasteiger partial charge in [-0.1, -0.05) is 17.3 Å². The zero-order chi connectivity index (χ0) is 14.9. The molecule has 0 atom stereocenters. The van der Waals surface area contributed by atoms with Crippen LogP contribution in [0, 0.1) is 0 Å². The first-order chi connectivity index (χ1) is 10.3. The van der Waals surface area contributed by atoms with Crippen LogP contribution in [-0.4, -0.2) is 39.9 Å². The van der Waals surface area contributed by atoms with Gasteiger partial charge in [0.05, 0.1) is 18.8 Å². The minimum atomic E-state index is 0.171. The monoisotopic (exact) mass is 291 g/mol. The number of para-hydroxylation sites is 2. The number of aliphatic hydroxyl groups excluding tert-OH is 1. The van der Waals surface area contributed by atoms with Gasteiger partial charge in [0, 0.05) is 12.8 Å². The summed E-state index contributed by atoms with van der Waals surface area (Å²) < 4.78 is 13.0. The third-order valence-corrected chi connectivity index (χ3v) is 2.90. The smallest absolute Gasteiger partial charge is 0.161 e. The van der Waals surface area contributed by atoms with Crippen molar-refractivity contribution in [1.82, 2.24) is 15.0 Å². The first kappa shape index (κ1) is 15.3. The quantitative estimate of drug-likeness (QED) is 0.761. The molecule has 21 heavy (non-hydrogen) atoms. The van der Waals surface area contributed by atoms with Crippen molar-refractivity contribution in [2.45, 2.75) is 26.3 Å². The zero-order valence-corrected chi connectivity index (χ0v) is 12.2. The predicted octanol–water partition coefficient (Wildman–Crippen LogP) is 1.68. The van der Waals surface area contributed by atoms with Gasteiger partial charge in [0.2, 0.25) is 0 Å². The molecule has 0 aliphatic rings. The fourth-order valence-electron chi connectivity index (χ4n) is 1.92. The SMILES string of the molecule is CCOc1ccccc1OCCn1cc(CCCO)nn1. The van der Waals surface area contributed by atoms with Crippen molar-refractivity contribution in [3.05, 3.63) is 36.2 Å². The van der Waals surface area contributed by atoms with Crippen LogP contribution >= 0.6 is 0 Å². The largest absolute Gasteiger partial charge is 0.490 e. The van der Waals surface area contributed by atoms with Crippen molar-refractivity contribution in [2.75, 3.05) is 19.8 Å². The normalized spacial score (nSPS) is 10.6. The van der Waals surface area contributed by atoms with E-state index in [1.807, 2.05) is 37.4 Å². The Labute approximate surface area is 124 Å². The molecule has 1 aromatic carbocycles. The molecule has 1 aromatic heterocycles. The highest BCUT2D eigenvalue weighted by Gasteiger charge is 2.04. The molecule has 0 saturated carbocycles. The molecule has 114 valence electrons. The second-order valence-corrected chi connectivity index (χ2v) is 4.53. The van der Waals surface area contributed by atoms with Gasteiger partial charge in [-0.15, -0.1) is 5.10 Å². The number of aromatic nitrogens is 3. The van der Waals surface area contributed by atoms with Gasteiger partial charge in [0.25, 0.3) is 0 Å². The number of ether oxygens (including phenoxy) is 2. The van der Waals surface area contributed by atoms with E-state index < -0.39 is 0 Å². The molecule has 6 nitrogen and oxygen atoms in total. The van der Waals surface area contributed by atoms with Crippen molar-refractivity contribution >= 4 is 0 Å². The van der Waals surface area contributed by atoms with Gasteiger partial charge in [-0.2, -0.15) is 0 Å². The summed E-state index contributed by atoms with van der Waals surface area (Å²) in [7, 11) is 0. The van der Waals surface area contributed by atoms with E-state index in [0.717, 1.165) is 23.6 Å². The summed E-state index contributed by atoms with van der Waals surface area (Å²) in [5.74, 6) is 1.49. The van der Waals surface area contributed by atoms with Crippen molar-refractivity contribution in [2.24, 2.45) is 0 Å². The second kappa shape index (κ2) is 8.26. The Morgan fingerprint density at radius 1 is 1.19 bits per heavy atom. The van der Waals surface area contributed by atoms with Crippen LogP contribution in [0.3, 0.4) is 0 Å². The highest BCUT2D eigenvalue weighted by Crippen LogP contribution is 2.26. The summed E-state index contributed by atoms with van der Waals surface area (Å²) in [6.45, 7) is 3.83. The number of rotatable bonds is 9. The molecule has 0 aliphatic heterocycles. The lowest BCUT2D eigenvalue weighted by atomic mass is 10.3. The predicted molar refractivity (Wildman–Crippen MR) is 78.5 cm³/mol. The third kappa shape index (κ3) is 4.75. The summed E-state index contributed by atoms with van der Waals surface area (Å²) in [6.07, 6.45) is 3.33. The van der Waals surface area contributed by atoms with Crippen LogP contribution in [0.4, 0.5) is 0 Å². The van der Waals surface area contributed by atoms with E-state index >= 15 is 0 Å². The maximum absolute atomic E-state index is 8.78. The van der Waals surface area contributed by atoms with Gasteiger partial charge < -0.3 is 14.6 Å². The molecule has 0 spiro atoms. The van der Waals surface area contributed by atoms with Crippen molar-refractivity contribution in [3.8, 4) is 11.5 Å². The molecule has 0 bridgehead atoms. The molecule has 0 fully saturated rings. The lowest BCUT2D eigenvalue weighted by Crippen LogP contribution is -2.09. The highest BCUT2D eigenvalue weighted by molar-refractivity contribution is 5.39. The van der Waals surface area contributed by atoms with Crippen LogP contribution in [0.5, 0.6) is 11.5 Å². The van der Waals surface area contributed by atoms with Crippen molar-refractivity contribution in [1.29, 1.82) is 0 Å². The summed E-state index contributed by atoms with van der Waals surface area (Å²) in [4.78, 5) is 0. The zero-order valence-electron chi connectivity index (χ0n) is 12.2. The van der Waals surface area contributed by atoms with Crippen molar-refractivity contribution in [3.63, 3.8) is 0 Å². The molecule has 0 unspecified atom stereocenters. The van der Waals surface area contributed by atoms with Crippen LogP contribution in [0.15, 0.2) is 30.5 Å². The van der Waals surface area contributed by atoms with E-state index in [1.54, 1.807) is 4.68 Å². The minimum Gasteiger partial charge on any atom is -0.490 e. The van der Waals surface area contributed by atoms with E-state index in [2.05, 4.69) is 10.3 Å². The van der Waals surface area contributed by atoms with Gasteiger partial charge in [-0.3, -0.25) is 0 Å². The maximum Gasteiger partial charge on any atom is 0.161 e. The summed E-state index contributed by atoms with van der Waals surface area (Å²) in [5, 5.41) is 16.9. The Morgan fingerprint density at radius 2 is 1.95 bits per heavy atom. The highest BCUT2D eigenvalue weighted by atomic mass is 16.5. The minimum absolute atomic E-state index is 0.171. The number of hydrogen-bond acceptors (Lipinski definition) is 5. The lowest BCUT2D eigenvalue weighted by Gasteiger charge is -2.11. The number of nitrogens with zero attached hydrogens (tertiary/aromatic N) is 3. The Hall–Kier alpha value is -2.08. The van der Waals surface area contributed by atoms with Gasteiger partial charge in [0.15, 0.2) is 11.5 Å². The maximum atomic E-state index is 8.78. The number of aliphatic hydroxyl groups is 1. The fraction of sp³-hybridized carbons (Fsp3) is 0.467. The number of benzene rings is 1. The molecule has 0 saturated heterocycles. The van der Waals surface area contributed by atoms with Gasteiger partial charge in [0.1, 0.15) is 6.61 Å². The second-order valence-electron chi connectivity index (χ2n) is 4.53. The average Bonchev–Trinajstić information content (AvgIpc) is 2.95. The number of hydrogen-bond donors (Lipinski definition) is 1. The standard InChI is InChI=1S/C15H21N3O3/c1-2-20-14-7-3-4-8-15(14)21-11-9-18-12-13(16-17-18)6-5-10-19/h3-4,7-8,12,19H,2,5-6,9-11H2,1H3. The van der Waals surface area contributed by atoms with E-state index in [0.29, 0.717) is 26.2 Å². The first-order valence-corrected chi connectivity index (χ1v) is 7.18. The van der Waals surface area contributed by atoms with Crippen LogP contribution in [0.25, 0.3) is 0 Å². The fourth-order valence-corrected chi connectivity index (χ4v) is 1.92. The Kier molecular flexibility index (Phi) is 6.02. The molecule has 2 aromatic rings. The lowest BCUT2D eigenvalue weighted by molar-refractivity contribution is 0.261. The molecule has 2 rings (SSSR count). The molecular formula is C15H21N3O3. The molecular weight excluding hydrogens is 270 g/mol. The Balaban J connectivity index is 1.82. The first-order valence-electron chi connectivity index (χ1n) is 7.18. The van der Waals surface area contributed by atoms with Gasteiger partial charge >= 0.3 is 0 Å². The van der Waals surface area contributed by atoms with Crippen molar-refractivity contribution < 1.29 is 14.6 Å². The summed E-state index contributed by atoms with van der Waals surface area (Å²) in [6, 6.07) is 7.61. The molecule has 1 N–H and O–H groups in total. The Bertz CT molecular complexity index is 542. The molecule has 0 aliphatic carbocycles. The number of aryl methyl sites for hydroxylation is 1. The molecule has 6 heteroatoms. The topological polar surface area (TPSA) is 69.4 Å². The Morgan fingerprint density at radius 3 is 2.67 bits per heavy atom. The third-order valence-electron chi connectivity index (χ3n) is 2.90. The molecule has 0 radical (unpaired) electrons. The van der Waals surface area contributed by atoms with E-state index in [4.69, 9.17) is 14.6 Å². The van der Waals surface area contributed by atoms with E-state index in [-0.39, 0.29) is 6.61 Å². The van der Waals surface area contributed by atoms with Crippen LogP contribution in [-0.2, 0) is 13.0 Å². The van der Waals surface area contributed by atoms with Gasteiger partial charge in [-0.25, -0.2) is 4.68 Å². The van der Waals surface area contributed by atoms with E-state index in [1.165, 1.54) is 0 Å². The van der Waals surface area contributed by atoms with E-state index in [9.17, 15) is 0 Å². The van der Waals surface area contributed by atoms with Crippen LogP contribution in [0.2, 0.25) is 0 Å². The summed E-state index contributed by atoms with van der Waals surface area (Å²) in [5.41, 5.74) is 0.888. The molecule has 0 amide bonds. The van der Waals surface area contributed by atoms with Crippen LogP contribution in [0.1, 0.15) is 19.0 Å². The van der Waals surface area contributed by atoms with Crippen LogP contribution < -0.4 is 9.47 Å². The molecule has 1 heterocycles.